The Labute approximate surface area is 122 Å². The van der Waals surface area contributed by atoms with E-state index in [0.717, 1.165) is 5.56 Å². The van der Waals surface area contributed by atoms with Gasteiger partial charge < -0.3 is 15.4 Å². The Morgan fingerprint density at radius 2 is 2.15 bits per heavy atom. The first-order valence-corrected chi connectivity index (χ1v) is 7.30. The summed E-state index contributed by atoms with van der Waals surface area (Å²) < 4.78 is 5.33. The average molecular weight is 293 g/mol. The molecule has 0 aliphatic carbocycles. The van der Waals surface area contributed by atoms with Crippen LogP contribution in [0.1, 0.15) is 38.8 Å². The minimum Gasteiger partial charge on any atom is -0.444 e. The third-order valence-corrected chi connectivity index (χ3v) is 4.12. The number of thiophene rings is 1. The zero-order valence-electron chi connectivity index (χ0n) is 12.2. The van der Waals surface area contributed by atoms with E-state index in [4.69, 9.17) is 10.5 Å². The van der Waals surface area contributed by atoms with Gasteiger partial charge in [0.15, 0.2) is 0 Å². The predicted molar refractivity (Wildman–Crippen MR) is 78.6 cm³/mol. The first-order valence-electron chi connectivity index (χ1n) is 6.42. The summed E-state index contributed by atoms with van der Waals surface area (Å²) in [6.07, 6.45) is -0.309. The minimum atomic E-state index is -0.492. The van der Waals surface area contributed by atoms with Crippen LogP contribution in [0.5, 0.6) is 0 Å². The van der Waals surface area contributed by atoms with Crippen molar-refractivity contribution in [3.63, 3.8) is 0 Å². The summed E-state index contributed by atoms with van der Waals surface area (Å²) in [5.41, 5.74) is 6.57. The topological polar surface area (TPSA) is 79.3 Å². The molecule has 1 fully saturated rings. The molecule has 20 heavy (non-hydrogen) atoms. The summed E-state index contributed by atoms with van der Waals surface area (Å²) in [6.45, 7) is 8.67. The smallest absolute Gasteiger partial charge is 0.410 e. The molecule has 1 aliphatic rings. The van der Waals surface area contributed by atoms with Crippen molar-refractivity contribution in [1.82, 2.24) is 4.90 Å². The van der Waals surface area contributed by atoms with Gasteiger partial charge in [-0.2, -0.15) is 5.26 Å². The van der Waals surface area contributed by atoms with Crippen LogP contribution in [0.3, 0.4) is 0 Å². The lowest BCUT2D eigenvalue weighted by molar-refractivity contribution is -0.00647. The van der Waals surface area contributed by atoms with Crippen molar-refractivity contribution >= 4 is 22.4 Å². The van der Waals surface area contributed by atoms with Crippen LogP contribution in [0.4, 0.5) is 9.80 Å². The summed E-state index contributed by atoms with van der Waals surface area (Å²) in [5.74, 6) is 0. The quantitative estimate of drug-likeness (QED) is 0.863. The average Bonchev–Trinajstić information content (AvgIpc) is 2.64. The maximum absolute atomic E-state index is 11.9. The first kappa shape index (κ1) is 14.7. The van der Waals surface area contributed by atoms with Gasteiger partial charge >= 0.3 is 6.09 Å². The van der Waals surface area contributed by atoms with E-state index in [9.17, 15) is 10.1 Å². The number of hydrogen-bond donors (Lipinski definition) is 1. The third kappa shape index (κ3) is 2.59. The number of anilines is 1. The van der Waals surface area contributed by atoms with E-state index in [2.05, 4.69) is 6.07 Å². The molecule has 1 saturated heterocycles. The maximum atomic E-state index is 11.9. The van der Waals surface area contributed by atoms with E-state index in [1.165, 1.54) is 11.3 Å². The molecule has 0 saturated carbocycles. The van der Waals surface area contributed by atoms with Gasteiger partial charge in [0.1, 0.15) is 16.7 Å². The van der Waals surface area contributed by atoms with Gasteiger partial charge in [0, 0.05) is 18.5 Å². The molecule has 1 aliphatic heterocycles. The number of amides is 1. The second-order valence-electron chi connectivity index (χ2n) is 6.40. The van der Waals surface area contributed by atoms with Crippen molar-refractivity contribution in [2.24, 2.45) is 0 Å². The molecule has 1 aromatic heterocycles. The second-order valence-corrected chi connectivity index (χ2v) is 7.31. The van der Waals surface area contributed by atoms with Gasteiger partial charge in [-0.1, -0.05) is 6.92 Å². The maximum Gasteiger partial charge on any atom is 0.410 e. The van der Waals surface area contributed by atoms with E-state index >= 15 is 0 Å². The molecule has 0 spiro atoms. The molecule has 2 heterocycles. The van der Waals surface area contributed by atoms with Crippen molar-refractivity contribution in [3.05, 3.63) is 16.5 Å². The van der Waals surface area contributed by atoms with Crippen LogP contribution in [-0.2, 0) is 10.2 Å². The molecule has 0 unspecified atom stereocenters. The highest BCUT2D eigenvalue weighted by Crippen LogP contribution is 2.40. The van der Waals surface area contributed by atoms with Gasteiger partial charge in [-0.25, -0.2) is 4.79 Å². The van der Waals surface area contributed by atoms with E-state index < -0.39 is 5.60 Å². The van der Waals surface area contributed by atoms with Gasteiger partial charge in [0.05, 0.1) is 5.56 Å². The molecular formula is C14H19N3O2S. The molecule has 1 amide bonds. The molecule has 0 radical (unpaired) electrons. The first-order chi connectivity index (χ1) is 9.16. The van der Waals surface area contributed by atoms with Gasteiger partial charge in [-0.15, -0.1) is 11.3 Å². The fourth-order valence-corrected chi connectivity index (χ4v) is 3.28. The van der Waals surface area contributed by atoms with Crippen LogP contribution in [-0.4, -0.2) is 29.7 Å². The van der Waals surface area contributed by atoms with Gasteiger partial charge in [0.25, 0.3) is 0 Å². The van der Waals surface area contributed by atoms with Crippen LogP contribution < -0.4 is 5.73 Å². The number of nitrogens with zero attached hydrogens (tertiary/aromatic N) is 2. The van der Waals surface area contributed by atoms with Gasteiger partial charge in [0.2, 0.25) is 0 Å². The van der Waals surface area contributed by atoms with E-state index in [-0.39, 0.29) is 11.5 Å². The van der Waals surface area contributed by atoms with Crippen molar-refractivity contribution in [3.8, 4) is 6.07 Å². The van der Waals surface area contributed by atoms with E-state index in [1.807, 2.05) is 33.1 Å². The number of rotatable bonds is 1. The summed E-state index contributed by atoms with van der Waals surface area (Å²) in [6, 6.07) is 2.15. The Kier molecular flexibility index (Phi) is 3.42. The largest absolute Gasteiger partial charge is 0.444 e. The van der Waals surface area contributed by atoms with Crippen LogP contribution in [0, 0.1) is 11.3 Å². The molecule has 2 rings (SSSR count). The van der Waals surface area contributed by atoms with Crippen molar-refractivity contribution in [2.75, 3.05) is 18.8 Å². The number of carbonyl (C=O) groups is 1. The van der Waals surface area contributed by atoms with Gasteiger partial charge in [-0.05, 0) is 31.7 Å². The number of nitriles is 1. The molecular weight excluding hydrogens is 274 g/mol. The number of nitrogen functional groups attached to an aromatic ring is 1. The number of ether oxygens (including phenoxy) is 1. The molecule has 0 atom stereocenters. The zero-order valence-corrected chi connectivity index (χ0v) is 13.0. The minimum absolute atomic E-state index is 0.212. The lowest BCUT2D eigenvalue weighted by Crippen LogP contribution is -2.60. The van der Waals surface area contributed by atoms with Crippen LogP contribution >= 0.6 is 11.3 Å². The number of likely N-dealkylation sites (tertiary alicyclic amines) is 1. The highest BCUT2D eigenvalue weighted by molar-refractivity contribution is 7.14. The number of carbonyl (C=O) groups excluding carboxylic acids is 1. The molecule has 0 bridgehead atoms. The Morgan fingerprint density at radius 3 is 2.65 bits per heavy atom. The van der Waals surface area contributed by atoms with Crippen LogP contribution in [0.15, 0.2) is 5.38 Å². The Morgan fingerprint density at radius 1 is 1.55 bits per heavy atom. The molecule has 5 nitrogen and oxygen atoms in total. The third-order valence-electron chi connectivity index (χ3n) is 3.31. The Hall–Kier alpha value is -1.74. The van der Waals surface area contributed by atoms with Gasteiger partial charge in [-0.3, -0.25) is 0 Å². The molecule has 108 valence electrons. The Bertz CT molecular complexity index is 574. The predicted octanol–water partition coefficient (Wildman–Crippen LogP) is 2.71. The molecule has 0 aromatic carbocycles. The fraction of sp³-hybridized carbons (Fsp3) is 0.571. The van der Waals surface area contributed by atoms with Crippen molar-refractivity contribution < 1.29 is 9.53 Å². The molecule has 2 N–H and O–H groups in total. The summed E-state index contributed by atoms with van der Waals surface area (Å²) in [4.78, 5) is 13.6. The van der Waals surface area contributed by atoms with Crippen LogP contribution in [0.2, 0.25) is 0 Å². The standard InChI is InChI=1S/C14H19N3O2S/c1-13(2,3)19-12(18)17-7-14(4,8-17)10-6-20-11(16)9(10)5-15/h6H,7-8,16H2,1-4H3. The van der Waals surface area contributed by atoms with Crippen LogP contribution in [0.25, 0.3) is 0 Å². The highest BCUT2D eigenvalue weighted by Gasteiger charge is 2.46. The fourth-order valence-electron chi connectivity index (χ4n) is 2.35. The Balaban J connectivity index is 2.08. The second kappa shape index (κ2) is 4.67. The summed E-state index contributed by atoms with van der Waals surface area (Å²) in [7, 11) is 0. The number of nitrogens with two attached hydrogens (primary N) is 1. The zero-order chi connectivity index (χ0) is 15.1. The lowest BCUT2D eigenvalue weighted by atomic mass is 9.75. The highest BCUT2D eigenvalue weighted by atomic mass is 32.1. The SMILES string of the molecule is CC(C)(C)OC(=O)N1CC(C)(c2csc(N)c2C#N)C1. The monoisotopic (exact) mass is 293 g/mol. The molecule has 6 heteroatoms. The summed E-state index contributed by atoms with van der Waals surface area (Å²) >= 11 is 1.37. The number of hydrogen-bond acceptors (Lipinski definition) is 5. The normalized spacial score (nSPS) is 17.2. The molecule has 1 aromatic rings. The van der Waals surface area contributed by atoms with Crippen molar-refractivity contribution in [2.45, 2.75) is 38.7 Å². The van der Waals surface area contributed by atoms with Crippen molar-refractivity contribution in [1.29, 1.82) is 5.26 Å². The lowest BCUT2D eigenvalue weighted by Gasteiger charge is -2.47. The summed E-state index contributed by atoms with van der Waals surface area (Å²) in [5, 5.41) is 11.6. The van der Waals surface area contributed by atoms with E-state index in [1.54, 1.807) is 4.90 Å². The van der Waals surface area contributed by atoms with E-state index in [0.29, 0.717) is 23.7 Å².